The highest BCUT2D eigenvalue weighted by Gasteiger charge is 2.18. The van der Waals surface area contributed by atoms with Crippen LogP contribution in [0, 0.1) is 0 Å². The molecule has 2 unspecified atom stereocenters. The van der Waals surface area contributed by atoms with Crippen molar-refractivity contribution in [3.8, 4) is 5.75 Å². The summed E-state index contributed by atoms with van der Waals surface area (Å²) < 4.78 is 10.3. The van der Waals surface area contributed by atoms with Gasteiger partial charge in [-0.3, -0.25) is 0 Å². The molecular formula is C14H18N2O3. The Bertz CT molecular complexity index is 520. The summed E-state index contributed by atoms with van der Waals surface area (Å²) in [5, 5.41) is 13.4. The fourth-order valence-electron chi connectivity index (χ4n) is 1.66. The zero-order valence-electron chi connectivity index (χ0n) is 11.3. The van der Waals surface area contributed by atoms with Gasteiger partial charge in [-0.2, -0.15) is 4.98 Å². The summed E-state index contributed by atoms with van der Waals surface area (Å²) in [5.74, 6) is 1.75. The van der Waals surface area contributed by atoms with Gasteiger partial charge < -0.3 is 14.4 Å². The average Bonchev–Trinajstić information content (AvgIpc) is 2.87. The number of aromatic nitrogens is 2. The maximum absolute atomic E-state index is 9.49. The maximum atomic E-state index is 9.49. The summed E-state index contributed by atoms with van der Waals surface area (Å²) in [6.45, 7) is 3.56. The van der Waals surface area contributed by atoms with Crippen molar-refractivity contribution in [1.29, 1.82) is 0 Å². The lowest BCUT2D eigenvalue weighted by molar-refractivity contribution is 0.151. The van der Waals surface area contributed by atoms with Crippen LogP contribution in [0.1, 0.15) is 37.0 Å². The summed E-state index contributed by atoms with van der Waals surface area (Å²) in [6, 6.07) is 7.73. The Kier molecular flexibility index (Phi) is 4.16. The van der Waals surface area contributed by atoms with Crippen LogP contribution in [0.2, 0.25) is 0 Å². The Labute approximate surface area is 112 Å². The summed E-state index contributed by atoms with van der Waals surface area (Å²) in [6.07, 6.45) is 0.0920. The van der Waals surface area contributed by atoms with Crippen LogP contribution in [-0.2, 0) is 6.42 Å². The Morgan fingerprint density at radius 2 is 1.95 bits per heavy atom. The van der Waals surface area contributed by atoms with Gasteiger partial charge in [0.25, 0.3) is 0 Å². The number of ether oxygens (including phenoxy) is 1. The highest BCUT2D eigenvalue weighted by atomic mass is 16.5. The Morgan fingerprint density at radius 1 is 1.26 bits per heavy atom. The van der Waals surface area contributed by atoms with E-state index < -0.39 is 6.10 Å². The second-order valence-electron chi connectivity index (χ2n) is 4.60. The molecule has 2 atom stereocenters. The third kappa shape index (κ3) is 3.32. The van der Waals surface area contributed by atoms with Gasteiger partial charge in [0.05, 0.1) is 19.1 Å². The lowest BCUT2D eigenvalue weighted by Gasteiger charge is -2.08. The van der Waals surface area contributed by atoms with E-state index >= 15 is 0 Å². The molecule has 1 heterocycles. The highest BCUT2D eigenvalue weighted by molar-refractivity contribution is 5.28. The normalized spacial score (nSPS) is 14.1. The third-order valence-corrected chi connectivity index (χ3v) is 3.12. The van der Waals surface area contributed by atoms with E-state index in [2.05, 4.69) is 10.1 Å². The molecule has 1 aromatic carbocycles. The van der Waals surface area contributed by atoms with Crippen LogP contribution in [-0.4, -0.2) is 28.5 Å². The van der Waals surface area contributed by atoms with Crippen LogP contribution >= 0.6 is 0 Å². The van der Waals surface area contributed by atoms with Crippen molar-refractivity contribution in [3.05, 3.63) is 41.5 Å². The van der Waals surface area contributed by atoms with E-state index in [0.717, 1.165) is 11.3 Å². The maximum Gasteiger partial charge on any atom is 0.232 e. The first kappa shape index (κ1) is 13.5. The second-order valence-corrected chi connectivity index (χ2v) is 4.60. The molecule has 1 aromatic heterocycles. The fraction of sp³-hybridized carbons (Fsp3) is 0.429. The number of hydrogen-bond donors (Lipinski definition) is 1. The largest absolute Gasteiger partial charge is 0.497 e. The van der Waals surface area contributed by atoms with Crippen molar-refractivity contribution in [2.24, 2.45) is 0 Å². The standard InChI is InChI=1S/C14H18N2O3/c1-9(10(2)17)14-15-13(16-19-14)8-11-4-6-12(18-3)7-5-11/h4-7,9-10,17H,8H2,1-3H3. The van der Waals surface area contributed by atoms with Crippen LogP contribution in [0.3, 0.4) is 0 Å². The van der Waals surface area contributed by atoms with Gasteiger partial charge in [-0.1, -0.05) is 24.2 Å². The van der Waals surface area contributed by atoms with Gasteiger partial charge in [-0.05, 0) is 24.6 Å². The summed E-state index contributed by atoms with van der Waals surface area (Å²) in [7, 11) is 1.64. The van der Waals surface area contributed by atoms with Crippen LogP contribution < -0.4 is 4.74 Å². The number of methoxy groups -OCH3 is 1. The molecule has 0 fully saturated rings. The zero-order valence-corrected chi connectivity index (χ0v) is 11.3. The molecule has 5 heteroatoms. The quantitative estimate of drug-likeness (QED) is 0.894. The molecule has 0 spiro atoms. The van der Waals surface area contributed by atoms with Gasteiger partial charge in [0.15, 0.2) is 5.82 Å². The van der Waals surface area contributed by atoms with Gasteiger partial charge >= 0.3 is 0 Å². The number of nitrogens with zero attached hydrogens (tertiary/aromatic N) is 2. The Morgan fingerprint density at radius 3 is 2.53 bits per heavy atom. The first-order chi connectivity index (χ1) is 9.10. The molecule has 0 radical (unpaired) electrons. The van der Waals surface area contributed by atoms with E-state index in [1.165, 1.54) is 0 Å². The number of hydrogen-bond acceptors (Lipinski definition) is 5. The summed E-state index contributed by atoms with van der Waals surface area (Å²) in [5.41, 5.74) is 1.08. The Hall–Kier alpha value is -1.88. The molecule has 0 saturated heterocycles. The summed E-state index contributed by atoms with van der Waals surface area (Å²) in [4.78, 5) is 4.30. The monoisotopic (exact) mass is 262 g/mol. The topological polar surface area (TPSA) is 68.4 Å². The second kappa shape index (κ2) is 5.84. The van der Waals surface area contributed by atoms with Crippen molar-refractivity contribution < 1.29 is 14.4 Å². The van der Waals surface area contributed by atoms with Gasteiger partial charge in [0, 0.05) is 6.42 Å². The van der Waals surface area contributed by atoms with E-state index in [9.17, 15) is 5.11 Å². The number of aliphatic hydroxyl groups excluding tert-OH is 1. The molecule has 19 heavy (non-hydrogen) atoms. The van der Waals surface area contributed by atoms with Crippen molar-refractivity contribution in [1.82, 2.24) is 10.1 Å². The van der Waals surface area contributed by atoms with E-state index in [-0.39, 0.29) is 5.92 Å². The van der Waals surface area contributed by atoms with Crippen molar-refractivity contribution in [2.45, 2.75) is 32.3 Å². The minimum absolute atomic E-state index is 0.155. The number of benzene rings is 1. The van der Waals surface area contributed by atoms with Gasteiger partial charge in [0.1, 0.15) is 5.75 Å². The van der Waals surface area contributed by atoms with Gasteiger partial charge in [0.2, 0.25) is 5.89 Å². The molecule has 0 amide bonds. The molecule has 0 bridgehead atoms. The molecule has 0 aliphatic rings. The lowest BCUT2D eigenvalue weighted by Crippen LogP contribution is -2.11. The number of aliphatic hydroxyl groups is 1. The molecule has 2 aromatic rings. The zero-order chi connectivity index (χ0) is 13.8. The predicted octanol–water partition coefficient (Wildman–Crippen LogP) is 2.15. The fourth-order valence-corrected chi connectivity index (χ4v) is 1.66. The first-order valence-corrected chi connectivity index (χ1v) is 6.23. The molecule has 0 aliphatic heterocycles. The van der Waals surface area contributed by atoms with Crippen LogP contribution in [0.25, 0.3) is 0 Å². The Balaban J connectivity index is 2.06. The van der Waals surface area contributed by atoms with Crippen LogP contribution in [0.15, 0.2) is 28.8 Å². The van der Waals surface area contributed by atoms with E-state index in [0.29, 0.717) is 18.1 Å². The van der Waals surface area contributed by atoms with Crippen molar-refractivity contribution >= 4 is 0 Å². The molecule has 0 aliphatic carbocycles. The van der Waals surface area contributed by atoms with Crippen molar-refractivity contribution in [2.75, 3.05) is 7.11 Å². The average molecular weight is 262 g/mol. The highest BCUT2D eigenvalue weighted by Crippen LogP contribution is 2.18. The molecular weight excluding hydrogens is 244 g/mol. The molecule has 102 valence electrons. The molecule has 0 saturated carbocycles. The molecule has 2 rings (SSSR count). The van der Waals surface area contributed by atoms with E-state index in [4.69, 9.17) is 9.26 Å². The summed E-state index contributed by atoms with van der Waals surface area (Å²) >= 11 is 0. The minimum Gasteiger partial charge on any atom is -0.497 e. The van der Waals surface area contributed by atoms with Gasteiger partial charge in [-0.15, -0.1) is 0 Å². The van der Waals surface area contributed by atoms with Crippen molar-refractivity contribution in [3.63, 3.8) is 0 Å². The minimum atomic E-state index is -0.505. The number of rotatable bonds is 5. The van der Waals surface area contributed by atoms with Crippen LogP contribution in [0.4, 0.5) is 0 Å². The SMILES string of the molecule is COc1ccc(Cc2noc(C(C)C(C)O)n2)cc1. The smallest absolute Gasteiger partial charge is 0.232 e. The molecule has 5 nitrogen and oxygen atoms in total. The van der Waals surface area contributed by atoms with Gasteiger partial charge in [-0.25, -0.2) is 0 Å². The lowest BCUT2D eigenvalue weighted by atomic mass is 10.1. The van der Waals surface area contributed by atoms with Crippen LogP contribution in [0.5, 0.6) is 5.75 Å². The third-order valence-electron chi connectivity index (χ3n) is 3.12. The first-order valence-electron chi connectivity index (χ1n) is 6.23. The van der Waals surface area contributed by atoms with E-state index in [1.807, 2.05) is 31.2 Å². The predicted molar refractivity (Wildman–Crippen MR) is 70.2 cm³/mol. The van der Waals surface area contributed by atoms with E-state index in [1.54, 1.807) is 14.0 Å². The molecule has 1 N–H and O–H groups in total.